The zero-order valence-electron chi connectivity index (χ0n) is 13.5. The second kappa shape index (κ2) is 6.42. The number of halogens is 3. The van der Waals surface area contributed by atoms with Gasteiger partial charge in [-0.15, -0.1) is 0 Å². The van der Waals surface area contributed by atoms with Crippen LogP contribution in [-0.2, 0) is 15.7 Å². The van der Waals surface area contributed by atoms with Crippen molar-refractivity contribution in [3.05, 3.63) is 30.1 Å². The Labute approximate surface area is 142 Å². The van der Waals surface area contributed by atoms with Crippen LogP contribution in [0.2, 0.25) is 0 Å². The quantitative estimate of drug-likeness (QED) is 0.830. The highest BCUT2D eigenvalue weighted by Crippen LogP contribution is 2.34. The number of hydrogen-bond donors (Lipinski definition) is 0. The number of alkyl halides is 3. The average Bonchev–Trinajstić information content (AvgIpc) is 3.15. The van der Waals surface area contributed by atoms with Gasteiger partial charge in [0.2, 0.25) is 5.82 Å². The van der Waals surface area contributed by atoms with Crippen LogP contribution in [0.1, 0.15) is 18.7 Å². The maximum absolute atomic E-state index is 13.2. The Morgan fingerprint density at radius 3 is 2.36 bits per heavy atom. The van der Waals surface area contributed by atoms with Crippen LogP contribution >= 0.6 is 0 Å². The van der Waals surface area contributed by atoms with Gasteiger partial charge in [-0.25, -0.2) is 9.97 Å². The molecule has 25 heavy (non-hydrogen) atoms. The Bertz CT molecular complexity index is 754. The van der Waals surface area contributed by atoms with Crippen molar-refractivity contribution >= 4 is 16.7 Å². The third-order valence-corrected chi connectivity index (χ3v) is 4.71. The molecule has 134 valence electrons. The van der Waals surface area contributed by atoms with Crippen LogP contribution in [0.15, 0.2) is 24.3 Å². The van der Waals surface area contributed by atoms with Crippen LogP contribution in [0.5, 0.6) is 0 Å². The largest absolute Gasteiger partial charge is 0.451 e. The molecule has 1 aromatic carbocycles. The molecule has 2 fully saturated rings. The summed E-state index contributed by atoms with van der Waals surface area (Å²) in [6, 6.07) is 6.82. The van der Waals surface area contributed by atoms with Gasteiger partial charge >= 0.3 is 6.18 Å². The topological polar surface area (TPSA) is 47.5 Å². The molecule has 2 saturated heterocycles. The SMILES string of the molecule is FC(F)(F)c1nc(N2CCC(C3OCCO3)CC2)c2ccccc2n1. The van der Waals surface area contributed by atoms with Crippen molar-refractivity contribution in [1.29, 1.82) is 0 Å². The summed E-state index contributed by atoms with van der Waals surface area (Å²) in [5.41, 5.74) is 0.310. The molecule has 0 bridgehead atoms. The zero-order chi connectivity index (χ0) is 17.4. The highest BCUT2D eigenvalue weighted by molar-refractivity contribution is 5.89. The molecule has 0 unspecified atom stereocenters. The first-order valence-electron chi connectivity index (χ1n) is 8.34. The summed E-state index contributed by atoms with van der Waals surface area (Å²) >= 11 is 0. The van der Waals surface area contributed by atoms with E-state index in [9.17, 15) is 13.2 Å². The fourth-order valence-electron chi connectivity index (χ4n) is 3.46. The highest BCUT2D eigenvalue weighted by Gasteiger charge is 2.37. The van der Waals surface area contributed by atoms with Gasteiger partial charge in [-0.1, -0.05) is 12.1 Å². The molecule has 3 heterocycles. The molecule has 0 N–H and O–H groups in total. The number of nitrogens with zero attached hydrogens (tertiary/aromatic N) is 3. The minimum atomic E-state index is -4.57. The van der Waals surface area contributed by atoms with Crippen molar-refractivity contribution in [2.45, 2.75) is 25.3 Å². The van der Waals surface area contributed by atoms with Crippen LogP contribution in [0.4, 0.5) is 19.0 Å². The van der Waals surface area contributed by atoms with E-state index in [1.54, 1.807) is 24.3 Å². The number of hydrogen-bond acceptors (Lipinski definition) is 5. The van der Waals surface area contributed by atoms with Crippen molar-refractivity contribution in [2.75, 3.05) is 31.2 Å². The molecule has 8 heteroatoms. The van der Waals surface area contributed by atoms with Gasteiger partial charge in [0.05, 0.1) is 18.7 Å². The lowest BCUT2D eigenvalue weighted by Gasteiger charge is -2.35. The number of benzene rings is 1. The van der Waals surface area contributed by atoms with Crippen molar-refractivity contribution in [1.82, 2.24) is 9.97 Å². The summed E-state index contributed by atoms with van der Waals surface area (Å²) in [6.45, 7) is 2.45. The first kappa shape index (κ1) is 16.5. The Kier molecular flexibility index (Phi) is 4.24. The molecule has 0 atom stereocenters. The maximum Gasteiger partial charge on any atom is 0.451 e. The van der Waals surface area contributed by atoms with E-state index in [1.165, 1.54) is 0 Å². The maximum atomic E-state index is 13.2. The van der Waals surface area contributed by atoms with Gasteiger partial charge in [-0.3, -0.25) is 0 Å². The Hall–Kier alpha value is -1.93. The van der Waals surface area contributed by atoms with Crippen molar-refractivity contribution < 1.29 is 22.6 Å². The number of aromatic nitrogens is 2. The summed E-state index contributed by atoms with van der Waals surface area (Å²) in [6.07, 6.45) is -3.16. The number of ether oxygens (including phenoxy) is 2. The number of piperidine rings is 1. The molecule has 1 aromatic heterocycles. The molecule has 0 aliphatic carbocycles. The van der Waals surface area contributed by atoms with E-state index < -0.39 is 12.0 Å². The monoisotopic (exact) mass is 353 g/mol. The normalized spacial score (nSPS) is 20.5. The van der Waals surface area contributed by atoms with Gasteiger partial charge in [0.15, 0.2) is 6.29 Å². The second-order valence-electron chi connectivity index (χ2n) is 6.32. The Morgan fingerprint density at radius 1 is 1.00 bits per heavy atom. The molecule has 5 nitrogen and oxygen atoms in total. The Balaban J connectivity index is 1.62. The third-order valence-electron chi connectivity index (χ3n) is 4.71. The van der Waals surface area contributed by atoms with Crippen molar-refractivity contribution in [3.63, 3.8) is 0 Å². The fourth-order valence-corrected chi connectivity index (χ4v) is 3.46. The molecule has 0 spiro atoms. The average molecular weight is 353 g/mol. The van der Waals surface area contributed by atoms with Gasteiger partial charge in [0.1, 0.15) is 5.82 Å². The summed E-state index contributed by atoms with van der Waals surface area (Å²) in [5, 5.41) is 0.641. The molecular weight excluding hydrogens is 335 g/mol. The lowest BCUT2D eigenvalue weighted by Crippen LogP contribution is -2.39. The number of para-hydroxylation sites is 1. The summed E-state index contributed by atoms with van der Waals surface area (Å²) < 4.78 is 50.6. The van der Waals surface area contributed by atoms with Crippen molar-refractivity contribution in [2.24, 2.45) is 5.92 Å². The predicted molar refractivity (Wildman–Crippen MR) is 85.2 cm³/mol. The van der Waals surface area contributed by atoms with E-state index in [0.717, 1.165) is 12.8 Å². The van der Waals surface area contributed by atoms with Gasteiger partial charge < -0.3 is 14.4 Å². The Morgan fingerprint density at radius 2 is 1.68 bits per heavy atom. The van der Waals surface area contributed by atoms with Gasteiger partial charge in [-0.2, -0.15) is 13.2 Å². The zero-order valence-corrected chi connectivity index (χ0v) is 13.5. The minimum absolute atomic E-state index is 0.185. The predicted octanol–water partition coefficient (Wildman–Crippen LogP) is 3.24. The second-order valence-corrected chi connectivity index (χ2v) is 6.32. The molecule has 0 amide bonds. The lowest BCUT2D eigenvalue weighted by atomic mass is 9.96. The third kappa shape index (κ3) is 3.28. The molecule has 0 saturated carbocycles. The molecule has 2 aromatic rings. The van der Waals surface area contributed by atoms with Gasteiger partial charge in [0.25, 0.3) is 0 Å². The van der Waals surface area contributed by atoms with Gasteiger partial charge in [0, 0.05) is 24.4 Å². The number of rotatable bonds is 2. The van der Waals surface area contributed by atoms with Gasteiger partial charge in [-0.05, 0) is 25.0 Å². The van der Waals surface area contributed by atoms with E-state index in [-0.39, 0.29) is 12.2 Å². The van der Waals surface area contributed by atoms with Crippen LogP contribution in [0, 0.1) is 5.92 Å². The lowest BCUT2D eigenvalue weighted by molar-refractivity contribution is -0.144. The summed E-state index contributed by atoms with van der Waals surface area (Å²) in [4.78, 5) is 9.43. The molecule has 4 rings (SSSR count). The van der Waals surface area contributed by atoms with E-state index in [4.69, 9.17) is 9.47 Å². The standard InChI is InChI=1S/C17H18F3N3O2/c18-17(19,20)16-21-13-4-2-1-3-12(13)14(22-16)23-7-5-11(6-8-23)15-24-9-10-25-15/h1-4,11,15H,5-10H2. The van der Waals surface area contributed by atoms with Crippen LogP contribution in [-0.4, -0.2) is 42.6 Å². The van der Waals surface area contributed by atoms with Crippen LogP contribution < -0.4 is 4.90 Å². The first-order valence-corrected chi connectivity index (χ1v) is 8.34. The number of fused-ring (bicyclic) bond motifs is 1. The van der Waals surface area contributed by atoms with E-state index in [0.29, 0.717) is 43.0 Å². The highest BCUT2D eigenvalue weighted by atomic mass is 19.4. The first-order chi connectivity index (χ1) is 12.0. The smallest absolute Gasteiger partial charge is 0.356 e. The molecular formula is C17H18F3N3O2. The summed E-state index contributed by atoms with van der Waals surface area (Å²) in [7, 11) is 0. The van der Waals surface area contributed by atoms with E-state index in [1.807, 2.05) is 4.90 Å². The molecule has 0 radical (unpaired) electrons. The molecule has 2 aliphatic rings. The van der Waals surface area contributed by atoms with Crippen LogP contribution in [0.25, 0.3) is 10.9 Å². The van der Waals surface area contributed by atoms with Crippen LogP contribution in [0.3, 0.4) is 0 Å². The van der Waals surface area contributed by atoms with E-state index >= 15 is 0 Å². The fraction of sp³-hybridized carbons (Fsp3) is 0.529. The van der Waals surface area contributed by atoms with Crippen molar-refractivity contribution in [3.8, 4) is 0 Å². The minimum Gasteiger partial charge on any atom is -0.356 e. The summed E-state index contributed by atoms with van der Waals surface area (Å²) in [5.74, 6) is -0.468. The number of anilines is 1. The van der Waals surface area contributed by atoms with E-state index in [2.05, 4.69) is 9.97 Å². The molecule has 2 aliphatic heterocycles.